The van der Waals surface area contributed by atoms with Gasteiger partial charge in [-0.25, -0.2) is 0 Å². The first-order chi connectivity index (χ1) is 4.85. The van der Waals surface area contributed by atoms with E-state index in [-0.39, 0.29) is 6.73 Å². The smallest absolute Gasteiger partial charge is 0.0994 e. The molecule has 0 aromatic heterocycles. The van der Waals surface area contributed by atoms with Crippen molar-refractivity contribution in [3.63, 3.8) is 0 Å². The van der Waals surface area contributed by atoms with Crippen molar-refractivity contribution in [1.82, 2.24) is 10.6 Å². The zero-order valence-electron chi connectivity index (χ0n) is 6.68. The van der Waals surface area contributed by atoms with Gasteiger partial charge in [0.25, 0.3) is 0 Å². The van der Waals surface area contributed by atoms with Crippen molar-refractivity contribution in [2.24, 2.45) is 5.73 Å². The van der Waals surface area contributed by atoms with Gasteiger partial charge >= 0.3 is 0 Å². The van der Waals surface area contributed by atoms with E-state index < -0.39 is 0 Å². The van der Waals surface area contributed by atoms with Gasteiger partial charge in [-0.1, -0.05) is 6.92 Å². The molecular weight excluding hydrogens is 130 g/mol. The van der Waals surface area contributed by atoms with Gasteiger partial charge in [0, 0.05) is 0 Å². The van der Waals surface area contributed by atoms with Gasteiger partial charge in [0.1, 0.15) is 0 Å². The van der Waals surface area contributed by atoms with Gasteiger partial charge in [0.05, 0.1) is 19.6 Å². The summed E-state index contributed by atoms with van der Waals surface area (Å²) in [4.78, 5) is 0. The van der Waals surface area contributed by atoms with E-state index >= 15 is 0 Å². The quantitative estimate of drug-likeness (QED) is 0.347. The van der Waals surface area contributed by atoms with E-state index in [2.05, 4.69) is 17.6 Å². The molecule has 4 nitrogen and oxygen atoms in total. The average Bonchev–Trinajstić information content (AvgIpc) is 1.99. The molecule has 1 atom stereocenters. The Morgan fingerprint density at radius 2 is 2.30 bits per heavy atom. The monoisotopic (exact) mass is 147 g/mol. The lowest BCUT2D eigenvalue weighted by Gasteiger charge is -2.14. The number of nitrogens with one attached hydrogen (secondary N) is 2. The second-order valence-corrected chi connectivity index (χ2v) is 1.97. The van der Waals surface area contributed by atoms with Gasteiger partial charge in [0.2, 0.25) is 0 Å². The van der Waals surface area contributed by atoms with Gasteiger partial charge in [-0.05, 0) is 13.5 Å². The molecule has 0 unspecified atom stereocenters. The summed E-state index contributed by atoms with van der Waals surface area (Å²) in [5.74, 6) is 0. The normalized spacial score (nSPS) is 13.5. The summed E-state index contributed by atoms with van der Waals surface area (Å²) < 4.78 is 4.89. The van der Waals surface area contributed by atoms with Crippen molar-refractivity contribution in [1.29, 1.82) is 0 Å². The Morgan fingerprint density at radius 1 is 1.60 bits per heavy atom. The molecule has 0 aromatic rings. The van der Waals surface area contributed by atoms with Gasteiger partial charge in [-0.15, -0.1) is 0 Å². The first-order valence-electron chi connectivity index (χ1n) is 3.53. The molecule has 0 fully saturated rings. The van der Waals surface area contributed by atoms with Crippen LogP contribution in [0.1, 0.15) is 13.3 Å². The summed E-state index contributed by atoms with van der Waals surface area (Å²) in [6, 6.07) is 0. The molecule has 0 aliphatic carbocycles. The molecule has 0 spiro atoms. The number of ether oxygens (including phenoxy) is 1. The fourth-order valence-corrected chi connectivity index (χ4v) is 0.669. The van der Waals surface area contributed by atoms with E-state index in [9.17, 15) is 0 Å². The van der Waals surface area contributed by atoms with E-state index in [4.69, 9.17) is 10.5 Å². The first kappa shape index (κ1) is 9.84. The Bertz CT molecular complexity index is 66.0. The first-order valence-corrected chi connectivity index (χ1v) is 3.53. The zero-order chi connectivity index (χ0) is 7.82. The van der Waals surface area contributed by atoms with Crippen LogP contribution in [0.3, 0.4) is 0 Å². The van der Waals surface area contributed by atoms with Gasteiger partial charge in [0.15, 0.2) is 0 Å². The van der Waals surface area contributed by atoms with Crippen molar-refractivity contribution in [3.8, 4) is 0 Å². The molecule has 0 saturated carbocycles. The fourth-order valence-electron chi connectivity index (χ4n) is 0.669. The minimum atomic E-state index is 0.271. The van der Waals surface area contributed by atoms with Crippen LogP contribution in [0.4, 0.5) is 0 Å². The lowest BCUT2D eigenvalue weighted by atomic mass is 10.4. The van der Waals surface area contributed by atoms with Crippen LogP contribution in [0.15, 0.2) is 0 Å². The number of hydrogen-bond donors (Lipinski definition) is 3. The SMILES string of the molecule is CC[C@H](NC)NCOCN. The largest absolute Gasteiger partial charge is 0.351 e. The van der Waals surface area contributed by atoms with Crippen molar-refractivity contribution in [3.05, 3.63) is 0 Å². The van der Waals surface area contributed by atoms with Crippen LogP contribution >= 0.6 is 0 Å². The highest BCUT2D eigenvalue weighted by Gasteiger charge is 1.98. The predicted octanol–water partition coefficient (Wildman–Crippen LogP) is -0.578. The van der Waals surface area contributed by atoms with Crippen LogP contribution in [-0.2, 0) is 4.74 Å². The Hall–Kier alpha value is -0.160. The van der Waals surface area contributed by atoms with E-state index in [1.807, 2.05) is 7.05 Å². The van der Waals surface area contributed by atoms with Crippen molar-refractivity contribution >= 4 is 0 Å². The lowest BCUT2D eigenvalue weighted by Crippen LogP contribution is -2.41. The van der Waals surface area contributed by atoms with E-state index in [0.717, 1.165) is 6.42 Å². The highest BCUT2D eigenvalue weighted by Crippen LogP contribution is 1.82. The molecule has 0 aliphatic rings. The molecule has 0 amide bonds. The molecule has 0 heterocycles. The van der Waals surface area contributed by atoms with E-state index in [0.29, 0.717) is 12.9 Å². The molecule has 0 aromatic carbocycles. The summed E-state index contributed by atoms with van der Waals surface area (Å²) in [5, 5.41) is 6.19. The third-order valence-corrected chi connectivity index (χ3v) is 1.31. The van der Waals surface area contributed by atoms with Crippen LogP contribution in [0.2, 0.25) is 0 Å². The molecule has 0 rings (SSSR count). The van der Waals surface area contributed by atoms with Crippen molar-refractivity contribution < 1.29 is 4.74 Å². The number of hydrogen-bond acceptors (Lipinski definition) is 4. The summed E-state index contributed by atoms with van der Waals surface area (Å²) in [6.45, 7) is 2.87. The Morgan fingerprint density at radius 3 is 2.70 bits per heavy atom. The van der Waals surface area contributed by atoms with E-state index in [1.165, 1.54) is 0 Å². The molecule has 0 aliphatic heterocycles. The topological polar surface area (TPSA) is 59.3 Å². The van der Waals surface area contributed by atoms with E-state index in [1.54, 1.807) is 0 Å². The average molecular weight is 147 g/mol. The number of rotatable bonds is 6. The highest BCUT2D eigenvalue weighted by atomic mass is 16.5. The minimum absolute atomic E-state index is 0.271. The lowest BCUT2D eigenvalue weighted by molar-refractivity contribution is 0.110. The Kier molecular flexibility index (Phi) is 6.84. The summed E-state index contributed by atoms with van der Waals surface area (Å²) in [6.07, 6.45) is 1.36. The summed E-state index contributed by atoms with van der Waals surface area (Å²) >= 11 is 0. The minimum Gasteiger partial charge on any atom is -0.351 e. The van der Waals surface area contributed by atoms with Gasteiger partial charge in [-0.2, -0.15) is 0 Å². The van der Waals surface area contributed by atoms with Crippen LogP contribution in [-0.4, -0.2) is 26.7 Å². The highest BCUT2D eigenvalue weighted by molar-refractivity contribution is 4.54. The third kappa shape index (κ3) is 4.69. The summed E-state index contributed by atoms with van der Waals surface area (Å²) in [5.41, 5.74) is 5.12. The molecule has 0 radical (unpaired) electrons. The van der Waals surface area contributed by atoms with Gasteiger partial charge in [-0.3, -0.25) is 5.32 Å². The van der Waals surface area contributed by atoms with Crippen LogP contribution in [0, 0.1) is 0 Å². The standard InChI is InChI=1S/C6H17N3O/c1-3-6(8-2)9-5-10-4-7/h6,8-9H,3-5,7H2,1-2H3/t6-/m1/s1. The molecular formula is C6H17N3O. The van der Waals surface area contributed by atoms with Crippen molar-refractivity contribution in [2.45, 2.75) is 19.5 Å². The number of nitrogens with two attached hydrogens (primary N) is 1. The maximum Gasteiger partial charge on any atom is 0.0994 e. The summed E-state index contributed by atoms with van der Waals surface area (Å²) in [7, 11) is 1.91. The second kappa shape index (κ2) is 6.95. The van der Waals surface area contributed by atoms with Crippen LogP contribution < -0.4 is 16.4 Å². The zero-order valence-corrected chi connectivity index (χ0v) is 6.68. The molecule has 0 bridgehead atoms. The molecule has 62 valence electrons. The molecule has 4 N–H and O–H groups in total. The molecule has 10 heavy (non-hydrogen) atoms. The fraction of sp³-hybridized carbons (Fsp3) is 1.00. The van der Waals surface area contributed by atoms with Crippen LogP contribution in [0.5, 0.6) is 0 Å². The third-order valence-electron chi connectivity index (χ3n) is 1.31. The second-order valence-electron chi connectivity index (χ2n) is 1.97. The van der Waals surface area contributed by atoms with Crippen LogP contribution in [0.25, 0.3) is 0 Å². The Labute approximate surface area is 62.1 Å². The predicted molar refractivity (Wildman–Crippen MR) is 41.3 cm³/mol. The molecule has 4 heteroatoms. The van der Waals surface area contributed by atoms with Crippen molar-refractivity contribution in [2.75, 3.05) is 20.5 Å². The maximum absolute atomic E-state index is 5.12. The maximum atomic E-state index is 5.12. The molecule has 0 saturated heterocycles. The Balaban J connectivity index is 3.09. The van der Waals surface area contributed by atoms with Gasteiger partial charge < -0.3 is 15.8 Å².